The summed E-state index contributed by atoms with van der Waals surface area (Å²) in [5.41, 5.74) is 1.68. The Balaban J connectivity index is 1.76. The summed E-state index contributed by atoms with van der Waals surface area (Å²) in [7, 11) is 0. The van der Waals surface area contributed by atoms with Crippen LogP contribution in [-0.4, -0.2) is 5.24 Å². The maximum absolute atomic E-state index is 12.1. The van der Waals surface area contributed by atoms with E-state index in [0.717, 1.165) is 23.3 Å². The van der Waals surface area contributed by atoms with Gasteiger partial charge in [-0.2, -0.15) is 0 Å². The van der Waals surface area contributed by atoms with Gasteiger partial charge in [-0.3, -0.25) is 4.79 Å². The molecule has 0 heterocycles. The van der Waals surface area contributed by atoms with Crippen molar-refractivity contribution < 1.29 is 23.9 Å². The van der Waals surface area contributed by atoms with Gasteiger partial charge < -0.3 is 9.47 Å². The second kappa shape index (κ2) is 12.2. The molecular weight excluding hydrogens is 444 g/mol. The van der Waals surface area contributed by atoms with E-state index in [9.17, 15) is 4.79 Å². The van der Waals surface area contributed by atoms with E-state index in [2.05, 4.69) is 0 Å². The molecule has 34 heavy (non-hydrogen) atoms. The number of carbonyl (C=O) groups excluding carboxylic acids is 1. The maximum Gasteiger partial charge on any atom is 0.222 e. The van der Waals surface area contributed by atoms with Crippen LogP contribution >= 0.6 is 11.6 Å². The van der Waals surface area contributed by atoms with Gasteiger partial charge in [0.05, 0.1) is 22.7 Å². The van der Waals surface area contributed by atoms with Gasteiger partial charge >= 0.3 is 0 Å². The van der Waals surface area contributed by atoms with Crippen LogP contribution in [0.25, 0.3) is 0 Å². The van der Waals surface area contributed by atoms with Crippen molar-refractivity contribution in [2.24, 2.45) is 0 Å². The summed E-state index contributed by atoms with van der Waals surface area (Å²) in [5.74, 6) is -0.212. The van der Waals surface area contributed by atoms with Gasteiger partial charge in [-0.25, -0.2) is 0 Å². The molecule has 0 saturated carbocycles. The van der Waals surface area contributed by atoms with Gasteiger partial charge in [0.15, 0.2) is 0 Å². The Labute approximate surface area is 215 Å². The summed E-state index contributed by atoms with van der Waals surface area (Å²) in [6.45, 7) is -5.31. The Morgan fingerprint density at radius 3 is 2.32 bits per heavy atom. The summed E-state index contributed by atoms with van der Waals surface area (Å²) in [6, 6.07) is 24.0. The summed E-state index contributed by atoms with van der Waals surface area (Å²) in [5, 5.41) is -0.596. The Kier molecular flexibility index (Phi) is 5.82. The Morgan fingerprint density at radius 1 is 0.853 bits per heavy atom. The molecule has 0 N–H and O–H groups in total. The fraction of sp³-hybridized carbons (Fsp3) is 0.167. The quantitative estimate of drug-likeness (QED) is 0.213. The van der Waals surface area contributed by atoms with Gasteiger partial charge in [0.1, 0.15) is 12.4 Å². The molecule has 0 aromatic heterocycles. The lowest BCUT2D eigenvalue weighted by Gasteiger charge is -2.21. The highest BCUT2D eigenvalue weighted by Gasteiger charge is 2.22. The van der Waals surface area contributed by atoms with Crippen LogP contribution in [0, 0.1) is 0 Å². The smallest absolute Gasteiger partial charge is 0.222 e. The monoisotopic (exact) mass is 477 g/mol. The van der Waals surface area contributed by atoms with Gasteiger partial charge in [-0.15, -0.1) is 0 Å². The first kappa shape index (κ1) is 16.3. The van der Waals surface area contributed by atoms with Crippen LogP contribution in [0.4, 0.5) is 0 Å². The summed E-state index contributed by atoms with van der Waals surface area (Å²) in [6.07, 6.45) is -0.102. The molecule has 0 aliphatic heterocycles. The highest BCUT2D eigenvalue weighted by molar-refractivity contribution is 6.63. The first-order chi connectivity index (χ1) is 19.4. The molecule has 0 aliphatic rings. The average Bonchev–Trinajstić information content (AvgIpc) is 2.93. The van der Waals surface area contributed by atoms with E-state index in [4.69, 9.17) is 30.7 Å². The van der Waals surface area contributed by atoms with Crippen molar-refractivity contribution in [3.05, 3.63) is 137 Å². The first-order valence-electron chi connectivity index (χ1n) is 14.2. The fourth-order valence-corrected chi connectivity index (χ4v) is 3.67. The van der Waals surface area contributed by atoms with Crippen LogP contribution in [0.5, 0.6) is 5.75 Å². The zero-order valence-corrected chi connectivity index (χ0v) is 19.0. The van der Waals surface area contributed by atoms with E-state index in [0.29, 0.717) is 11.3 Å². The molecule has 0 aliphatic carbocycles. The van der Waals surface area contributed by atoms with Gasteiger partial charge in [0.25, 0.3) is 0 Å². The first-order valence-corrected chi connectivity index (χ1v) is 11.1. The number of halogens is 1. The summed E-state index contributed by atoms with van der Waals surface area (Å²) < 4.78 is 69.2. The second-order valence-corrected chi connectivity index (χ2v) is 7.92. The zero-order valence-electron chi connectivity index (χ0n) is 25.3. The predicted molar refractivity (Wildman–Crippen MR) is 136 cm³/mol. The lowest BCUT2D eigenvalue weighted by Crippen LogP contribution is -2.09. The summed E-state index contributed by atoms with van der Waals surface area (Å²) >= 11 is 5.85. The fourth-order valence-electron chi connectivity index (χ4n) is 3.51. The largest absolute Gasteiger partial charge is 0.489 e. The van der Waals surface area contributed by atoms with Gasteiger partial charge in [-0.1, -0.05) is 97.0 Å². The molecule has 0 spiro atoms. The SMILES string of the molecule is [2H]c1ccc(C([2H])([2H])OC([2H])([2H])c2ccc(OCc3ccccc3)c([C@H](CC(=O)Cl)c3ccccc3)c2)c([2H])c1[2H]. The molecule has 3 nitrogen and oxygen atoms in total. The average molecular weight is 478 g/mol. The van der Waals surface area contributed by atoms with Crippen LogP contribution < -0.4 is 4.74 Å². The normalized spacial score (nSPS) is 15.5. The lowest BCUT2D eigenvalue weighted by molar-refractivity contribution is -0.111. The molecule has 4 aromatic carbocycles. The summed E-state index contributed by atoms with van der Waals surface area (Å²) in [4.78, 5) is 12.1. The third kappa shape index (κ3) is 6.80. The van der Waals surface area contributed by atoms with Crippen LogP contribution in [0.1, 0.15) is 49.8 Å². The number of rotatable bonds is 11. The third-order valence-electron chi connectivity index (χ3n) is 5.12. The molecule has 1 atom stereocenters. The van der Waals surface area contributed by atoms with Crippen molar-refractivity contribution in [1.29, 1.82) is 0 Å². The topological polar surface area (TPSA) is 35.5 Å². The van der Waals surface area contributed by atoms with Crippen molar-refractivity contribution in [2.45, 2.75) is 32.1 Å². The van der Waals surface area contributed by atoms with Crippen molar-refractivity contribution in [2.75, 3.05) is 0 Å². The Morgan fingerprint density at radius 2 is 1.56 bits per heavy atom. The number of benzene rings is 4. The molecule has 0 fully saturated rings. The molecule has 4 heteroatoms. The van der Waals surface area contributed by atoms with E-state index < -0.39 is 36.4 Å². The molecular formula is C30H27ClO3. The molecule has 4 aromatic rings. The Bertz CT molecular complexity index is 1520. The molecule has 0 bridgehead atoms. The van der Waals surface area contributed by atoms with Gasteiger partial charge in [0, 0.05) is 17.9 Å². The van der Waals surface area contributed by atoms with E-state index >= 15 is 0 Å². The van der Waals surface area contributed by atoms with Crippen LogP contribution in [0.15, 0.2) is 109 Å². The van der Waals surface area contributed by atoms with E-state index in [1.54, 1.807) is 6.07 Å². The van der Waals surface area contributed by atoms with Crippen LogP contribution in [-0.2, 0) is 29.3 Å². The van der Waals surface area contributed by atoms with Crippen molar-refractivity contribution in [1.82, 2.24) is 0 Å². The highest BCUT2D eigenvalue weighted by atomic mass is 35.5. The number of hydrogen-bond acceptors (Lipinski definition) is 3. The van der Waals surface area contributed by atoms with Crippen LogP contribution in [0.3, 0.4) is 0 Å². The second-order valence-electron chi connectivity index (χ2n) is 7.50. The highest BCUT2D eigenvalue weighted by Crippen LogP contribution is 2.36. The Hall–Kier alpha value is -3.40. The molecule has 0 unspecified atom stereocenters. The van der Waals surface area contributed by atoms with E-state index in [1.165, 1.54) is 12.1 Å². The predicted octanol–water partition coefficient (Wildman–Crippen LogP) is 7.27. The number of ether oxygens (including phenoxy) is 2. The minimum atomic E-state index is -2.81. The van der Waals surface area contributed by atoms with Crippen molar-refractivity contribution in [3.63, 3.8) is 0 Å². The molecule has 4 rings (SSSR count). The van der Waals surface area contributed by atoms with E-state index in [-0.39, 0.29) is 30.2 Å². The van der Waals surface area contributed by atoms with Crippen molar-refractivity contribution >= 4 is 16.8 Å². The molecule has 172 valence electrons. The molecule has 0 amide bonds. The van der Waals surface area contributed by atoms with Gasteiger partial charge in [0.2, 0.25) is 5.24 Å². The van der Waals surface area contributed by atoms with Crippen LogP contribution in [0.2, 0.25) is 0 Å². The number of carbonyl (C=O) groups is 1. The zero-order chi connectivity index (χ0) is 29.8. The molecule has 0 radical (unpaired) electrons. The standard InChI is InChI=1S/C30H27ClO3/c31-30(32)19-27(26-14-8-3-9-15-26)28-18-25(21-33-20-23-10-4-1-5-11-23)16-17-29(28)34-22-24-12-6-2-7-13-24/h1-18,27H,19-22H2/t27-/m1/s1/i1D,4D,10D,20D2,21D2. The van der Waals surface area contributed by atoms with E-state index in [1.807, 2.05) is 60.7 Å². The van der Waals surface area contributed by atoms with Crippen molar-refractivity contribution in [3.8, 4) is 5.75 Å². The minimum absolute atomic E-state index is 0.0545. The third-order valence-corrected chi connectivity index (χ3v) is 5.28. The molecule has 0 saturated heterocycles. The van der Waals surface area contributed by atoms with Gasteiger partial charge in [-0.05, 0) is 46.0 Å². The minimum Gasteiger partial charge on any atom is -0.489 e. The number of hydrogen-bond donors (Lipinski definition) is 0. The maximum atomic E-state index is 12.1. The lowest BCUT2D eigenvalue weighted by atomic mass is 9.87.